The van der Waals surface area contributed by atoms with Gasteiger partial charge in [0.2, 0.25) is 21.9 Å². The summed E-state index contributed by atoms with van der Waals surface area (Å²) in [5, 5.41) is 2.58. The van der Waals surface area contributed by atoms with Gasteiger partial charge in [-0.05, 0) is 54.6 Å². The average Bonchev–Trinajstić information content (AvgIpc) is 2.80. The number of hydrogen-bond donors (Lipinski definition) is 3. The van der Waals surface area contributed by atoms with Crippen molar-refractivity contribution < 1.29 is 26.4 Å². The Morgan fingerprint density at radius 1 is 0.879 bits per heavy atom. The van der Waals surface area contributed by atoms with E-state index in [-0.39, 0.29) is 28.7 Å². The molecule has 0 atom stereocenters. The number of anilines is 2. The van der Waals surface area contributed by atoms with Gasteiger partial charge in [0, 0.05) is 31.0 Å². The molecule has 0 saturated heterocycles. The highest BCUT2D eigenvalue weighted by Gasteiger charge is 2.16. The lowest BCUT2D eigenvalue weighted by Gasteiger charge is -2.09. The highest BCUT2D eigenvalue weighted by molar-refractivity contribution is 7.92. The number of nitrogens with zero attached hydrogens (tertiary/aromatic N) is 2. The van der Waals surface area contributed by atoms with Gasteiger partial charge in [-0.2, -0.15) is 0 Å². The minimum Gasteiger partial charge on any atom is -0.497 e. The summed E-state index contributed by atoms with van der Waals surface area (Å²) in [7, 11) is -6.19. The van der Waals surface area contributed by atoms with E-state index in [9.17, 15) is 21.6 Å². The number of ether oxygens (including phenoxy) is 1. The number of nitrogens with one attached hydrogen (secondary N) is 3. The quantitative estimate of drug-likeness (QED) is 0.386. The molecule has 11 nitrogen and oxygen atoms in total. The van der Waals surface area contributed by atoms with Crippen molar-refractivity contribution in [2.45, 2.75) is 16.2 Å². The van der Waals surface area contributed by atoms with Crippen LogP contribution in [0.4, 0.5) is 11.6 Å². The van der Waals surface area contributed by atoms with Crippen LogP contribution in [0.1, 0.15) is 6.42 Å². The first kappa shape index (κ1) is 24.1. The molecule has 0 saturated carbocycles. The number of sulfonamides is 2. The maximum Gasteiger partial charge on any atom is 0.264 e. The van der Waals surface area contributed by atoms with Crippen LogP contribution in [0.5, 0.6) is 5.75 Å². The summed E-state index contributed by atoms with van der Waals surface area (Å²) in [5.74, 6) is 0.0159. The number of carbonyl (C=O) groups excluding carboxylic acids is 1. The lowest BCUT2D eigenvalue weighted by Crippen LogP contribution is -2.27. The second kappa shape index (κ2) is 10.4. The molecule has 3 N–H and O–H groups in total. The smallest absolute Gasteiger partial charge is 0.264 e. The van der Waals surface area contributed by atoms with Crippen molar-refractivity contribution in [1.82, 2.24) is 14.7 Å². The molecule has 0 aliphatic rings. The topological polar surface area (TPSA) is 156 Å². The van der Waals surface area contributed by atoms with E-state index in [0.717, 1.165) is 0 Å². The third-order valence-corrected chi connectivity index (χ3v) is 7.07. The minimum atomic E-state index is -3.89. The third-order valence-electron chi connectivity index (χ3n) is 4.25. The number of aromatic nitrogens is 2. The minimum absolute atomic E-state index is 0.0415. The fourth-order valence-electron chi connectivity index (χ4n) is 2.61. The van der Waals surface area contributed by atoms with Gasteiger partial charge in [-0.1, -0.05) is 0 Å². The van der Waals surface area contributed by atoms with Crippen LogP contribution in [0.3, 0.4) is 0 Å². The maximum atomic E-state index is 12.4. The monoisotopic (exact) mass is 491 g/mol. The largest absolute Gasteiger partial charge is 0.497 e. The summed E-state index contributed by atoms with van der Waals surface area (Å²) < 4.78 is 58.9. The Kier molecular flexibility index (Phi) is 7.58. The zero-order valence-electron chi connectivity index (χ0n) is 17.4. The molecule has 174 valence electrons. The van der Waals surface area contributed by atoms with Crippen molar-refractivity contribution in [3.05, 3.63) is 67.0 Å². The molecule has 13 heteroatoms. The Bertz CT molecular complexity index is 1300. The first-order chi connectivity index (χ1) is 15.7. The van der Waals surface area contributed by atoms with Gasteiger partial charge in [0.1, 0.15) is 5.75 Å². The summed E-state index contributed by atoms with van der Waals surface area (Å²) in [5.41, 5.74) is 0.355. The van der Waals surface area contributed by atoms with Crippen LogP contribution in [0.15, 0.2) is 76.8 Å². The van der Waals surface area contributed by atoms with E-state index in [4.69, 9.17) is 4.74 Å². The number of amides is 1. The van der Waals surface area contributed by atoms with Crippen LogP contribution < -0.4 is 19.5 Å². The first-order valence-corrected chi connectivity index (χ1v) is 12.5. The van der Waals surface area contributed by atoms with Crippen LogP contribution in [0.25, 0.3) is 0 Å². The Morgan fingerprint density at radius 2 is 1.45 bits per heavy atom. The highest BCUT2D eigenvalue weighted by atomic mass is 32.2. The summed E-state index contributed by atoms with van der Waals surface area (Å²) in [6.45, 7) is -0.117. The van der Waals surface area contributed by atoms with Gasteiger partial charge in [-0.3, -0.25) is 4.79 Å². The summed E-state index contributed by atoms with van der Waals surface area (Å²) in [4.78, 5) is 19.8. The predicted octanol–water partition coefficient (Wildman–Crippen LogP) is 1.59. The van der Waals surface area contributed by atoms with E-state index in [0.29, 0.717) is 11.4 Å². The number of hydrogen-bond acceptors (Lipinski definition) is 8. The summed E-state index contributed by atoms with van der Waals surface area (Å²) >= 11 is 0. The number of carbonyl (C=O) groups is 1. The first-order valence-electron chi connectivity index (χ1n) is 9.53. The van der Waals surface area contributed by atoms with Gasteiger partial charge in [0.15, 0.2) is 0 Å². The number of methoxy groups -OCH3 is 1. The van der Waals surface area contributed by atoms with Crippen LogP contribution in [-0.4, -0.2) is 46.4 Å². The van der Waals surface area contributed by atoms with Gasteiger partial charge < -0.3 is 10.1 Å². The maximum absolute atomic E-state index is 12.4. The molecule has 0 fully saturated rings. The standard InChI is InChI=1S/C20H21N5O6S2/c1-31-16-5-9-17(10-6-16)32(27,28)23-14-11-19(26)24-15-3-7-18(8-4-15)33(29,30)25-20-21-12-2-13-22-20/h2-10,12-13,23H,11,14H2,1H3,(H,24,26)(H,21,22,25). The SMILES string of the molecule is COc1ccc(S(=O)(=O)NCCC(=O)Nc2ccc(S(=O)(=O)Nc3ncccn3)cc2)cc1. The van der Waals surface area contributed by atoms with E-state index >= 15 is 0 Å². The van der Waals surface area contributed by atoms with E-state index < -0.39 is 26.0 Å². The van der Waals surface area contributed by atoms with Crippen molar-refractivity contribution in [3.63, 3.8) is 0 Å². The molecule has 3 aromatic rings. The fraction of sp³-hybridized carbons (Fsp3) is 0.150. The molecular weight excluding hydrogens is 470 g/mol. The Balaban J connectivity index is 1.52. The van der Waals surface area contributed by atoms with Crippen LogP contribution in [-0.2, 0) is 24.8 Å². The van der Waals surface area contributed by atoms with Gasteiger partial charge in [0.25, 0.3) is 10.0 Å². The van der Waals surface area contributed by atoms with Gasteiger partial charge >= 0.3 is 0 Å². The Morgan fingerprint density at radius 3 is 2.06 bits per heavy atom. The van der Waals surface area contributed by atoms with Crippen molar-refractivity contribution in [2.24, 2.45) is 0 Å². The van der Waals surface area contributed by atoms with Crippen LogP contribution in [0.2, 0.25) is 0 Å². The molecular formula is C20H21N5O6S2. The molecule has 0 radical (unpaired) electrons. The van der Waals surface area contributed by atoms with Crippen molar-refractivity contribution in [3.8, 4) is 5.75 Å². The molecule has 0 aliphatic carbocycles. The molecule has 33 heavy (non-hydrogen) atoms. The molecule has 0 unspecified atom stereocenters. The van der Waals surface area contributed by atoms with E-state index in [2.05, 4.69) is 24.7 Å². The Labute approximate surface area is 191 Å². The predicted molar refractivity (Wildman–Crippen MR) is 121 cm³/mol. The van der Waals surface area contributed by atoms with E-state index in [1.54, 1.807) is 6.07 Å². The van der Waals surface area contributed by atoms with Gasteiger partial charge in [-0.15, -0.1) is 0 Å². The van der Waals surface area contributed by atoms with E-state index in [1.165, 1.54) is 68.0 Å². The number of rotatable bonds is 10. The molecule has 0 spiro atoms. The lowest BCUT2D eigenvalue weighted by atomic mass is 10.3. The fourth-order valence-corrected chi connectivity index (χ4v) is 4.60. The molecule has 1 heterocycles. The zero-order valence-corrected chi connectivity index (χ0v) is 19.1. The highest BCUT2D eigenvalue weighted by Crippen LogP contribution is 2.17. The molecule has 0 bridgehead atoms. The van der Waals surface area contributed by atoms with Gasteiger partial charge in [-0.25, -0.2) is 36.2 Å². The third kappa shape index (κ3) is 6.71. The summed E-state index contributed by atoms with van der Waals surface area (Å²) in [6.07, 6.45) is 2.68. The van der Waals surface area contributed by atoms with Crippen molar-refractivity contribution in [2.75, 3.05) is 23.7 Å². The molecule has 0 aliphatic heterocycles. The van der Waals surface area contributed by atoms with Crippen LogP contribution in [0, 0.1) is 0 Å². The number of benzene rings is 2. The second-order valence-corrected chi connectivity index (χ2v) is 10.0. The van der Waals surface area contributed by atoms with Crippen LogP contribution >= 0.6 is 0 Å². The average molecular weight is 492 g/mol. The molecule has 3 rings (SSSR count). The zero-order chi connectivity index (χ0) is 23.9. The van der Waals surface area contributed by atoms with Gasteiger partial charge in [0.05, 0.1) is 16.9 Å². The van der Waals surface area contributed by atoms with E-state index in [1.807, 2.05) is 0 Å². The lowest BCUT2D eigenvalue weighted by molar-refractivity contribution is -0.116. The molecule has 1 amide bonds. The second-order valence-electron chi connectivity index (χ2n) is 6.57. The normalized spacial score (nSPS) is 11.5. The Hall–Kier alpha value is -3.55. The van der Waals surface area contributed by atoms with Crippen molar-refractivity contribution >= 4 is 37.6 Å². The summed E-state index contributed by atoms with van der Waals surface area (Å²) in [6, 6.07) is 12.9. The molecule has 2 aromatic carbocycles. The molecule has 1 aromatic heterocycles. The van der Waals surface area contributed by atoms with Crippen molar-refractivity contribution in [1.29, 1.82) is 0 Å².